The second kappa shape index (κ2) is 9.88. The van der Waals surface area contributed by atoms with Crippen molar-refractivity contribution in [1.29, 1.82) is 0 Å². The van der Waals surface area contributed by atoms with Crippen LogP contribution in [0.25, 0.3) is 10.9 Å². The lowest BCUT2D eigenvalue weighted by molar-refractivity contribution is 0.0961. The van der Waals surface area contributed by atoms with E-state index in [4.69, 9.17) is 21.1 Å². The third-order valence-electron chi connectivity index (χ3n) is 6.94. The fourth-order valence-corrected chi connectivity index (χ4v) is 5.29. The average molecular weight is 517 g/mol. The largest absolute Gasteiger partial charge is 0.454 e. The number of carbonyl (C=O) groups excluding carboxylic acids is 1. The molecule has 0 radical (unpaired) electrons. The summed E-state index contributed by atoms with van der Waals surface area (Å²) in [5, 5.41) is 4.69. The van der Waals surface area contributed by atoms with Gasteiger partial charge in [-0.2, -0.15) is 0 Å². The van der Waals surface area contributed by atoms with Crippen molar-refractivity contribution in [3.05, 3.63) is 93.5 Å². The van der Waals surface area contributed by atoms with Crippen molar-refractivity contribution in [2.24, 2.45) is 0 Å². The van der Waals surface area contributed by atoms with E-state index >= 15 is 0 Å². The Bertz CT molecular complexity index is 1530. The van der Waals surface area contributed by atoms with E-state index < -0.39 is 11.5 Å². The van der Waals surface area contributed by atoms with Crippen molar-refractivity contribution in [1.82, 2.24) is 14.9 Å². The molecule has 4 aromatic rings. The Morgan fingerprint density at radius 2 is 1.81 bits per heavy atom. The first-order chi connectivity index (χ1) is 18.1. The van der Waals surface area contributed by atoms with Crippen molar-refractivity contribution < 1.29 is 14.3 Å². The van der Waals surface area contributed by atoms with Gasteiger partial charge in [0, 0.05) is 47.0 Å². The molecule has 0 aliphatic carbocycles. The zero-order valence-corrected chi connectivity index (χ0v) is 20.8. The van der Waals surface area contributed by atoms with Gasteiger partial charge in [0.25, 0.3) is 11.5 Å². The molecule has 8 nitrogen and oxygen atoms in total. The van der Waals surface area contributed by atoms with Crippen molar-refractivity contribution in [2.45, 2.75) is 25.4 Å². The minimum atomic E-state index is -0.407. The van der Waals surface area contributed by atoms with Gasteiger partial charge in [0.1, 0.15) is 0 Å². The van der Waals surface area contributed by atoms with Crippen LogP contribution in [0.15, 0.2) is 71.8 Å². The molecule has 0 unspecified atom stereocenters. The maximum absolute atomic E-state index is 13.6. The summed E-state index contributed by atoms with van der Waals surface area (Å²) in [5.41, 5.74) is 2.30. The van der Waals surface area contributed by atoms with Gasteiger partial charge in [-0.15, -0.1) is 0 Å². The molecule has 2 aliphatic heterocycles. The molecule has 2 aromatic heterocycles. The van der Waals surface area contributed by atoms with Gasteiger partial charge < -0.3 is 19.7 Å². The second-order valence-corrected chi connectivity index (χ2v) is 9.64. The molecular formula is C28H25ClN4O4. The number of nitrogens with zero attached hydrogens (tertiary/aromatic N) is 3. The number of benzene rings is 2. The maximum atomic E-state index is 13.6. The Labute approximate surface area is 218 Å². The number of hydrogen-bond acceptors (Lipinski definition) is 7. The zero-order chi connectivity index (χ0) is 25.4. The summed E-state index contributed by atoms with van der Waals surface area (Å²) >= 11 is 6.45. The molecule has 188 valence electrons. The van der Waals surface area contributed by atoms with Gasteiger partial charge in [-0.3, -0.25) is 14.6 Å². The quantitative estimate of drug-likeness (QED) is 0.425. The van der Waals surface area contributed by atoms with Crippen LogP contribution in [0.3, 0.4) is 0 Å². The highest BCUT2D eigenvalue weighted by atomic mass is 35.5. The number of pyridine rings is 2. The van der Waals surface area contributed by atoms with Crippen molar-refractivity contribution in [3.8, 4) is 11.5 Å². The molecule has 0 spiro atoms. The summed E-state index contributed by atoms with van der Waals surface area (Å²) in [6, 6.07) is 16.2. The monoisotopic (exact) mass is 516 g/mol. The van der Waals surface area contributed by atoms with E-state index in [9.17, 15) is 9.59 Å². The fraction of sp³-hybridized carbons (Fsp3) is 0.250. The summed E-state index contributed by atoms with van der Waals surface area (Å²) in [6.45, 7) is 2.55. The molecule has 1 saturated heterocycles. The number of carbonyl (C=O) groups is 1. The molecule has 9 heteroatoms. The minimum Gasteiger partial charge on any atom is -0.454 e. The summed E-state index contributed by atoms with van der Waals surface area (Å²) < 4.78 is 12.3. The zero-order valence-electron chi connectivity index (χ0n) is 20.0. The molecule has 1 fully saturated rings. The minimum absolute atomic E-state index is 0.194. The van der Waals surface area contributed by atoms with Crippen LogP contribution >= 0.6 is 11.6 Å². The lowest BCUT2D eigenvalue weighted by atomic mass is 10.0. The summed E-state index contributed by atoms with van der Waals surface area (Å²) in [5.74, 6) is 1.04. The predicted octanol–water partition coefficient (Wildman–Crippen LogP) is 4.23. The van der Waals surface area contributed by atoms with Gasteiger partial charge in [-0.05, 0) is 74.0 Å². The number of anilines is 1. The van der Waals surface area contributed by atoms with Crippen LogP contribution in [-0.4, -0.2) is 41.4 Å². The Hall–Kier alpha value is -3.88. The molecule has 4 heterocycles. The normalized spacial score (nSPS) is 15.2. The van der Waals surface area contributed by atoms with E-state index in [2.05, 4.69) is 15.2 Å². The van der Waals surface area contributed by atoms with Crippen LogP contribution in [0.4, 0.5) is 5.69 Å². The first-order valence-corrected chi connectivity index (χ1v) is 12.6. The van der Waals surface area contributed by atoms with Crippen molar-refractivity contribution in [3.63, 3.8) is 0 Å². The lowest BCUT2D eigenvalue weighted by Gasteiger charge is -2.37. The number of halogens is 1. The van der Waals surface area contributed by atoms with Gasteiger partial charge >= 0.3 is 0 Å². The van der Waals surface area contributed by atoms with E-state index in [0.717, 1.165) is 48.3 Å². The van der Waals surface area contributed by atoms with E-state index in [1.54, 1.807) is 30.3 Å². The lowest BCUT2D eigenvalue weighted by Crippen LogP contribution is -2.43. The molecule has 0 amide bonds. The average Bonchev–Trinajstić information content (AvgIpc) is 3.40. The molecular weight excluding hydrogens is 492 g/mol. The molecule has 2 aliphatic rings. The van der Waals surface area contributed by atoms with E-state index in [1.807, 2.05) is 24.3 Å². The Balaban J connectivity index is 1.50. The number of ether oxygens (including phenoxy) is 2. The van der Waals surface area contributed by atoms with Gasteiger partial charge in [0.15, 0.2) is 11.5 Å². The third kappa shape index (κ3) is 4.54. The van der Waals surface area contributed by atoms with Crippen LogP contribution in [-0.2, 0) is 6.54 Å². The van der Waals surface area contributed by atoms with Crippen LogP contribution in [0.2, 0.25) is 5.02 Å². The highest BCUT2D eigenvalue weighted by Crippen LogP contribution is 2.36. The SMILES string of the molecule is O=C(c1ccncc1)n1c(=O)cc(N(Cc2ccc3c(c2)OCO3)C2CCNCC2)c2cc(Cl)ccc21. The van der Waals surface area contributed by atoms with Crippen LogP contribution in [0.1, 0.15) is 28.8 Å². The van der Waals surface area contributed by atoms with Gasteiger partial charge in [0.2, 0.25) is 6.79 Å². The first-order valence-electron chi connectivity index (χ1n) is 12.2. The van der Waals surface area contributed by atoms with Crippen LogP contribution < -0.4 is 25.2 Å². The molecule has 0 saturated carbocycles. The number of fused-ring (bicyclic) bond motifs is 2. The Morgan fingerprint density at radius 1 is 1.03 bits per heavy atom. The number of nitrogens with one attached hydrogen (secondary N) is 1. The predicted molar refractivity (Wildman–Crippen MR) is 142 cm³/mol. The highest BCUT2D eigenvalue weighted by Gasteiger charge is 2.26. The third-order valence-corrected chi connectivity index (χ3v) is 7.17. The first kappa shape index (κ1) is 23.5. The molecule has 1 N–H and O–H groups in total. The molecule has 0 bridgehead atoms. The standard InChI is InChI=1S/C28H25ClN4O4/c29-20-2-3-23-22(14-20)24(15-27(34)33(23)28(35)19-5-9-30-10-6-19)32(21-7-11-31-12-8-21)16-18-1-4-25-26(13-18)37-17-36-25/h1-6,9-10,13-15,21,31H,7-8,11-12,16-17H2. The van der Waals surface area contributed by atoms with Crippen molar-refractivity contribution >= 4 is 34.1 Å². The number of rotatable bonds is 5. The van der Waals surface area contributed by atoms with E-state index in [1.165, 1.54) is 17.0 Å². The second-order valence-electron chi connectivity index (χ2n) is 9.20. The summed E-state index contributed by atoms with van der Waals surface area (Å²) in [7, 11) is 0. The fourth-order valence-electron chi connectivity index (χ4n) is 5.12. The smallest absolute Gasteiger partial charge is 0.265 e. The molecule has 37 heavy (non-hydrogen) atoms. The molecule has 6 rings (SSSR count). The maximum Gasteiger partial charge on any atom is 0.265 e. The number of aromatic nitrogens is 2. The number of piperidine rings is 1. The Morgan fingerprint density at radius 3 is 2.62 bits per heavy atom. The molecule has 0 atom stereocenters. The Kier molecular flexibility index (Phi) is 6.28. The highest BCUT2D eigenvalue weighted by molar-refractivity contribution is 6.31. The summed E-state index contributed by atoms with van der Waals surface area (Å²) in [4.78, 5) is 33.2. The van der Waals surface area contributed by atoms with Gasteiger partial charge in [0.05, 0.1) is 11.2 Å². The topological polar surface area (TPSA) is 85.7 Å². The van der Waals surface area contributed by atoms with Crippen molar-refractivity contribution in [2.75, 3.05) is 24.8 Å². The van der Waals surface area contributed by atoms with Crippen LogP contribution in [0.5, 0.6) is 11.5 Å². The van der Waals surface area contributed by atoms with E-state index in [0.29, 0.717) is 28.4 Å². The number of hydrogen-bond donors (Lipinski definition) is 1. The van der Waals surface area contributed by atoms with E-state index in [-0.39, 0.29) is 12.8 Å². The van der Waals surface area contributed by atoms with Crippen LogP contribution in [0, 0.1) is 0 Å². The summed E-state index contributed by atoms with van der Waals surface area (Å²) in [6.07, 6.45) is 4.92. The van der Waals surface area contributed by atoms with Gasteiger partial charge in [-0.1, -0.05) is 17.7 Å². The molecule has 2 aromatic carbocycles. The van der Waals surface area contributed by atoms with Gasteiger partial charge in [-0.25, -0.2) is 4.57 Å².